The van der Waals surface area contributed by atoms with Gasteiger partial charge in [0.15, 0.2) is 11.4 Å². The highest BCUT2D eigenvalue weighted by Crippen LogP contribution is 2.30. The molecule has 1 N–H and O–H groups in total. The summed E-state index contributed by atoms with van der Waals surface area (Å²) in [6, 6.07) is 16.3. The van der Waals surface area contributed by atoms with Crippen LogP contribution in [0.1, 0.15) is 53.5 Å². The number of hydrogen-bond donors (Lipinski definition) is 1. The van der Waals surface area contributed by atoms with Crippen molar-refractivity contribution in [2.24, 2.45) is 0 Å². The number of allylic oxidation sites excluding steroid dienone is 1. The van der Waals surface area contributed by atoms with Gasteiger partial charge in [0.1, 0.15) is 11.8 Å². The molecule has 0 aliphatic carbocycles. The van der Waals surface area contributed by atoms with E-state index in [1.54, 1.807) is 6.92 Å². The molecule has 0 radical (unpaired) electrons. The molecule has 1 heterocycles. The van der Waals surface area contributed by atoms with Crippen LogP contribution in [0, 0.1) is 13.8 Å². The zero-order valence-electron chi connectivity index (χ0n) is 21.7. The number of carbonyl (C=O) groups excluding carboxylic acids is 3. The second-order valence-corrected chi connectivity index (χ2v) is 8.56. The average molecular weight is 503 g/mol. The first kappa shape index (κ1) is 27.1. The highest BCUT2D eigenvalue weighted by atomic mass is 16.6. The molecule has 1 atom stereocenters. The molecular weight excluding hydrogens is 472 g/mol. The fourth-order valence-electron chi connectivity index (χ4n) is 3.62. The summed E-state index contributed by atoms with van der Waals surface area (Å²) in [5, 5.41) is 2.55. The van der Waals surface area contributed by atoms with Crippen molar-refractivity contribution < 1.29 is 28.6 Å². The van der Waals surface area contributed by atoms with Crippen LogP contribution in [0.2, 0.25) is 0 Å². The van der Waals surface area contributed by atoms with Crippen molar-refractivity contribution >= 4 is 23.4 Å². The minimum atomic E-state index is -1.03. The molecule has 0 saturated heterocycles. The van der Waals surface area contributed by atoms with Gasteiger partial charge in [-0.05, 0) is 38.8 Å². The predicted molar refractivity (Wildman–Crippen MR) is 139 cm³/mol. The zero-order chi connectivity index (χ0) is 27.1. The minimum Gasteiger partial charge on any atom is -0.493 e. The Morgan fingerprint density at radius 1 is 0.865 bits per heavy atom. The van der Waals surface area contributed by atoms with Crippen LogP contribution < -0.4 is 14.8 Å². The van der Waals surface area contributed by atoms with Crippen LogP contribution in [-0.4, -0.2) is 36.0 Å². The number of esters is 2. The van der Waals surface area contributed by atoms with Crippen LogP contribution in [0.5, 0.6) is 11.5 Å². The van der Waals surface area contributed by atoms with Crippen LogP contribution in [0.3, 0.4) is 0 Å². The van der Waals surface area contributed by atoms with E-state index in [2.05, 4.69) is 10.3 Å². The Morgan fingerprint density at radius 2 is 1.41 bits per heavy atom. The van der Waals surface area contributed by atoms with Crippen molar-refractivity contribution in [3.63, 3.8) is 0 Å². The van der Waals surface area contributed by atoms with Gasteiger partial charge in [-0.15, -0.1) is 0 Å². The Balaban J connectivity index is 1.86. The number of ether oxygens (including phenoxy) is 3. The highest BCUT2D eigenvalue weighted by molar-refractivity contribution is 5.98. The lowest BCUT2D eigenvalue weighted by Gasteiger charge is -2.18. The number of methoxy groups -OCH3 is 1. The number of nitrogens with zero attached hydrogens (tertiary/aromatic N) is 1. The Kier molecular flexibility index (Phi) is 8.79. The lowest BCUT2D eigenvalue weighted by Crippen LogP contribution is -2.40. The summed E-state index contributed by atoms with van der Waals surface area (Å²) in [5.41, 5.74) is 4.57. The van der Waals surface area contributed by atoms with Crippen LogP contribution in [0.4, 0.5) is 0 Å². The smallest absolute Gasteiger partial charge is 0.333 e. The van der Waals surface area contributed by atoms with Gasteiger partial charge in [0, 0.05) is 24.8 Å². The van der Waals surface area contributed by atoms with Crippen molar-refractivity contribution in [1.82, 2.24) is 10.3 Å². The normalized spacial score (nSPS) is 11.2. The molecule has 3 aromatic rings. The summed E-state index contributed by atoms with van der Waals surface area (Å²) in [7, 11) is 1.37. The van der Waals surface area contributed by atoms with E-state index in [0.717, 1.165) is 27.8 Å². The number of carbonyl (C=O) groups is 3. The quantitative estimate of drug-likeness (QED) is 0.349. The van der Waals surface area contributed by atoms with Gasteiger partial charge >= 0.3 is 11.9 Å². The van der Waals surface area contributed by atoms with E-state index in [1.807, 2.05) is 62.4 Å². The van der Waals surface area contributed by atoms with Crippen molar-refractivity contribution in [3.8, 4) is 11.5 Å². The number of nitrogens with one attached hydrogen (secondary N) is 1. The van der Waals surface area contributed by atoms with Gasteiger partial charge in [0.2, 0.25) is 5.75 Å². The zero-order valence-corrected chi connectivity index (χ0v) is 21.7. The Labute approximate surface area is 216 Å². The van der Waals surface area contributed by atoms with Gasteiger partial charge in [-0.3, -0.25) is 9.59 Å². The van der Waals surface area contributed by atoms with Crippen LogP contribution in [-0.2, 0) is 14.3 Å². The molecule has 0 saturated carbocycles. The van der Waals surface area contributed by atoms with Crippen molar-refractivity contribution in [2.45, 2.75) is 40.7 Å². The first-order valence-corrected chi connectivity index (χ1v) is 11.7. The first-order chi connectivity index (χ1) is 17.6. The number of benzene rings is 2. The molecule has 8 nitrogen and oxygen atoms in total. The van der Waals surface area contributed by atoms with Crippen LogP contribution in [0.25, 0.3) is 5.57 Å². The summed E-state index contributed by atoms with van der Waals surface area (Å²) in [5.74, 6) is -1.62. The van der Waals surface area contributed by atoms with Gasteiger partial charge in [0.25, 0.3) is 5.91 Å². The van der Waals surface area contributed by atoms with Gasteiger partial charge in [-0.2, -0.15) is 0 Å². The second-order valence-electron chi connectivity index (χ2n) is 8.56. The monoisotopic (exact) mass is 502 g/mol. The molecule has 1 aromatic heterocycles. The summed E-state index contributed by atoms with van der Waals surface area (Å²) < 4.78 is 16.0. The fourth-order valence-corrected chi connectivity index (χ4v) is 3.62. The van der Waals surface area contributed by atoms with Crippen LogP contribution >= 0.6 is 0 Å². The fraction of sp³-hybridized carbons (Fsp3) is 0.241. The third-order valence-electron chi connectivity index (χ3n) is 5.54. The number of rotatable bonds is 8. The predicted octanol–water partition coefficient (Wildman–Crippen LogP) is 4.77. The second kappa shape index (κ2) is 12.0. The van der Waals surface area contributed by atoms with E-state index >= 15 is 0 Å². The van der Waals surface area contributed by atoms with Gasteiger partial charge < -0.3 is 19.5 Å². The van der Waals surface area contributed by atoms with Crippen molar-refractivity contribution in [1.29, 1.82) is 0 Å². The number of amides is 1. The third kappa shape index (κ3) is 6.82. The molecule has 0 fully saturated rings. The SMILES string of the molecule is COc1ccnc(C(=O)N[C@@H](C)C(=O)OC(C)=C(c2ccc(C)cc2)c2ccc(C)cc2)c1OC(C)=O. The molecule has 0 spiro atoms. The summed E-state index contributed by atoms with van der Waals surface area (Å²) in [4.78, 5) is 41.4. The molecule has 192 valence electrons. The lowest BCUT2D eigenvalue weighted by molar-refractivity contribution is -0.141. The molecule has 0 aliphatic rings. The van der Waals surface area contributed by atoms with E-state index in [0.29, 0.717) is 5.76 Å². The molecule has 3 rings (SSSR count). The molecule has 0 unspecified atom stereocenters. The van der Waals surface area contributed by atoms with Gasteiger partial charge in [-0.25, -0.2) is 9.78 Å². The van der Waals surface area contributed by atoms with E-state index in [9.17, 15) is 14.4 Å². The Morgan fingerprint density at radius 3 is 1.89 bits per heavy atom. The number of hydrogen-bond acceptors (Lipinski definition) is 7. The summed E-state index contributed by atoms with van der Waals surface area (Å²) >= 11 is 0. The minimum absolute atomic E-state index is 0.132. The Hall–Kier alpha value is -4.46. The maximum absolute atomic E-state index is 13.0. The summed E-state index contributed by atoms with van der Waals surface area (Å²) in [6.07, 6.45) is 1.34. The Bertz CT molecular complexity index is 1280. The van der Waals surface area contributed by atoms with Crippen molar-refractivity contribution in [2.75, 3.05) is 7.11 Å². The molecule has 8 heteroatoms. The number of aromatic nitrogens is 1. The number of aryl methyl sites for hydroxylation is 2. The molecule has 1 amide bonds. The largest absolute Gasteiger partial charge is 0.493 e. The third-order valence-corrected chi connectivity index (χ3v) is 5.54. The summed E-state index contributed by atoms with van der Waals surface area (Å²) in [6.45, 7) is 8.41. The van der Waals surface area contributed by atoms with E-state index in [-0.39, 0.29) is 17.2 Å². The molecule has 2 aromatic carbocycles. The van der Waals surface area contributed by atoms with Crippen LogP contribution in [0.15, 0.2) is 66.6 Å². The van der Waals surface area contributed by atoms with Gasteiger partial charge in [0.05, 0.1) is 7.11 Å². The van der Waals surface area contributed by atoms with E-state index < -0.39 is 23.9 Å². The molecule has 0 aliphatic heterocycles. The number of pyridine rings is 1. The molecule has 0 bridgehead atoms. The van der Waals surface area contributed by atoms with Crippen molar-refractivity contribution in [3.05, 3.63) is 94.5 Å². The van der Waals surface area contributed by atoms with E-state index in [1.165, 1.54) is 33.2 Å². The lowest BCUT2D eigenvalue weighted by atomic mass is 9.95. The maximum Gasteiger partial charge on any atom is 0.333 e. The average Bonchev–Trinajstić information content (AvgIpc) is 2.86. The maximum atomic E-state index is 13.0. The van der Waals surface area contributed by atoms with E-state index in [4.69, 9.17) is 14.2 Å². The highest BCUT2D eigenvalue weighted by Gasteiger charge is 2.25. The van der Waals surface area contributed by atoms with Gasteiger partial charge in [-0.1, -0.05) is 59.7 Å². The topological polar surface area (TPSA) is 104 Å². The molecule has 37 heavy (non-hydrogen) atoms. The first-order valence-electron chi connectivity index (χ1n) is 11.7. The standard InChI is InChI=1S/C29H30N2O6/c1-17-7-11-22(12-8-17)25(23-13-9-18(2)10-14-23)20(4)36-29(34)19(3)31-28(33)26-27(37-21(5)32)24(35-6)15-16-30-26/h7-16,19H,1-6H3,(H,31,33)/t19-/m0/s1. The molecular formula is C29H30N2O6.